The largest absolute Gasteiger partial charge is 0.492 e. The molecule has 1 aliphatic rings. The minimum absolute atomic E-state index is 0.0618. The Kier molecular flexibility index (Phi) is 4.01. The summed E-state index contributed by atoms with van der Waals surface area (Å²) in [5, 5.41) is 11.9. The zero-order valence-electron chi connectivity index (χ0n) is 11.4. The molecule has 0 saturated carbocycles. The van der Waals surface area contributed by atoms with E-state index in [1.807, 2.05) is 30.0 Å². The van der Waals surface area contributed by atoms with Crippen molar-refractivity contribution in [3.05, 3.63) is 59.7 Å². The lowest BCUT2D eigenvalue weighted by molar-refractivity contribution is 0.296. The van der Waals surface area contributed by atoms with E-state index in [9.17, 15) is 0 Å². The highest BCUT2D eigenvalue weighted by molar-refractivity contribution is 7.99. The number of oxime groups is 1. The molecule has 0 aromatic heterocycles. The minimum atomic E-state index is 0.0618. The van der Waals surface area contributed by atoms with Crippen molar-refractivity contribution in [2.45, 2.75) is 10.8 Å². The van der Waals surface area contributed by atoms with Crippen LogP contribution in [0.4, 0.5) is 0 Å². The molecule has 0 bridgehead atoms. The maximum Gasteiger partial charge on any atom is 0.173 e. The second kappa shape index (κ2) is 6.10. The molecule has 2 aromatic rings. The molecular weight excluding hydrogens is 284 g/mol. The third-order valence-corrected chi connectivity index (χ3v) is 4.76. The predicted octanol–water partition coefficient (Wildman–Crippen LogP) is 3.05. The Morgan fingerprint density at radius 2 is 2.00 bits per heavy atom. The van der Waals surface area contributed by atoms with Crippen LogP contribution in [0.5, 0.6) is 5.75 Å². The van der Waals surface area contributed by atoms with Crippen LogP contribution in [0.2, 0.25) is 0 Å². The van der Waals surface area contributed by atoms with E-state index >= 15 is 0 Å². The third kappa shape index (κ3) is 2.83. The van der Waals surface area contributed by atoms with Crippen molar-refractivity contribution >= 4 is 17.6 Å². The zero-order chi connectivity index (χ0) is 14.7. The van der Waals surface area contributed by atoms with Gasteiger partial charge in [-0.3, -0.25) is 0 Å². The van der Waals surface area contributed by atoms with Gasteiger partial charge in [0, 0.05) is 16.6 Å². The second-order valence-electron chi connectivity index (χ2n) is 4.84. The van der Waals surface area contributed by atoms with Gasteiger partial charge in [0.2, 0.25) is 0 Å². The number of amidine groups is 1. The number of ether oxygens (including phenoxy) is 1. The van der Waals surface area contributed by atoms with Crippen LogP contribution in [0.1, 0.15) is 17.0 Å². The number of nitrogens with two attached hydrogens (primary N) is 1. The van der Waals surface area contributed by atoms with E-state index in [4.69, 9.17) is 15.7 Å². The third-order valence-electron chi connectivity index (χ3n) is 3.51. The number of fused-ring (bicyclic) bond motifs is 1. The van der Waals surface area contributed by atoms with Crippen LogP contribution in [0.3, 0.4) is 0 Å². The number of hydrogen-bond acceptors (Lipinski definition) is 4. The van der Waals surface area contributed by atoms with Gasteiger partial charge >= 0.3 is 0 Å². The van der Waals surface area contributed by atoms with E-state index in [2.05, 4.69) is 29.4 Å². The zero-order valence-corrected chi connectivity index (χ0v) is 12.2. The average molecular weight is 300 g/mol. The summed E-state index contributed by atoms with van der Waals surface area (Å²) in [4.78, 5) is 1.33. The molecule has 1 aliphatic heterocycles. The molecule has 0 saturated heterocycles. The van der Waals surface area contributed by atoms with Crippen molar-refractivity contribution in [3.63, 3.8) is 0 Å². The fourth-order valence-corrected chi connectivity index (χ4v) is 3.65. The smallest absolute Gasteiger partial charge is 0.173 e. The lowest BCUT2D eigenvalue weighted by Gasteiger charge is -2.14. The van der Waals surface area contributed by atoms with Gasteiger partial charge in [-0.1, -0.05) is 35.5 Å². The molecule has 1 atom stereocenters. The molecule has 0 radical (unpaired) electrons. The summed E-state index contributed by atoms with van der Waals surface area (Å²) in [7, 11) is 0. The van der Waals surface area contributed by atoms with Crippen molar-refractivity contribution in [2.75, 3.05) is 12.4 Å². The average Bonchev–Trinajstić information content (AvgIpc) is 2.96. The standard InChI is InChI=1S/C16H16N2O2S/c17-16(18-19)13-6-1-3-7-14(13)20-9-11-10-21-15-8-4-2-5-12(11)15/h1-8,11,19H,9-10H2,(H2,17,18). The van der Waals surface area contributed by atoms with E-state index in [1.165, 1.54) is 10.5 Å². The van der Waals surface area contributed by atoms with Gasteiger partial charge in [-0.05, 0) is 23.8 Å². The quantitative estimate of drug-likeness (QED) is 0.394. The van der Waals surface area contributed by atoms with Crippen LogP contribution in [0.15, 0.2) is 58.6 Å². The number of rotatable bonds is 4. The van der Waals surface area contributed by atoms with E-state index in [0.717, 1.165) is 5.75 Å². The molecule has 3 rings (SSSR count). The van der Waals surface area contributed by atoms with Crippen molar-refractivity contribution in [3.8, 4) is 5.75 Å². The molecule has 2 aromatic carbocycles. The van der Waals surface area contributed by atoms with Gasteiger partial charge in [0.25, 0.3) is 0 Å². The molecule has 3 N–H and O–H groups in total. The Hall–Kier alpha value is -2.14. The SMILES string of the molecule is NC(=NO)c1ccccc1OCC1CSc2ccccc21. The fraction of sp³-hybridized carbons (Fsp3) is 0.188. The van der Waals surface area contributed by atoms with Gasteiger partial charge in [0.15, 0.2) is 5.84 Å². The van der Waals surface area contributed by atoms with Crippen LogP contribution in [-0.4, -0.2) is 23.4 Å². The van der Waals surface area contributed by atoms with Gasteiger partial charge < -0.3 is 15.7 Å². The maximum absolute atomic E-state index is 8.83. The van der Waals surface area contributed by atoms with Gasteiger partial charge in [-0.2, -0.15) is 0 Å². The second-order valence-corrected chi connectivity index (χ2v) is 5.90. The lowest BCUT2D eigenvalue weighted by atomic mass is 10.0. The summed E-state index contributed by atoms with van der Waals surface area (Å²) in [6, 6.07) is 15.7. The Morgan fingerprint density at radius 1 is 1.24 bits per heavy atom. The molecule has 1 heterocycles. The molecule has 0 spiro atoms. The topological polar surface area (TPSA) is 67.8 Å². The van der Waals surface area contributed by atoms with E-state index in [1.54, 1.807) is 6.07 Å². The van der Waals surface area contributed by atoms with Crippen molar-refractivity contribution in [2.24, 2.45) is 10.9 Å². The Morgan fingerprint density at radius 3 is 2.86 bits per heavy atom. The predicted molar refractivity (Wildman–Crippen MR) is 84.4 cm³/mol. The van der Waals surface area contributed by atoms with E-state index in [0.29, 0.717) is 23.8 Å². The number of para-hydroxylation sites is 1. The monoisotopic (exact) mass is 300 g/mol. The number of benzene rings is 2. The molecule has 5 heteroatoms. The first-order valence-corrected chi connectivity index (χ1v) is 7.69. The highest BCUT2D eigenvalue weighted by Gasteiger charge is 2.23. The van der Waals surface area contributed by atoms with Crippen LogP contribution in [0, 0.1) is 0 Å². The molecule has 0 amide bonds. The maximum atomic E-state index is 8.83. The summed E-state index contributed by atoms with van der Waals surface area (Å²) in [5.41, 5.74) is 7.62. The summed E-state index contributed by atoms with van der Waals surface area (Å²) in [6.45, 7) is 0.583. The van der Waals surface area contributed by atoms with Crippen molar-refractivity contribution < 1.29 is 9.94 Å². The summed E-state index contributed by atoms with van der Waals surface area (Å²) in [6.07, 6.45) is 0. The minimum Gasteiger partial charge on any atom is -0.492 e. The normalized spacial score (nSPS) is 17.5. The molecular formula is C16H16N2O2S. The highest BCUT2D eigenvalue weighted by atomic mass is 32.2. The molecule has 4 nitrogen and oxygen atoms in total. The Bertz CT molecular complexity index is 673. The van der Waals surface area contributed by atoms with E-state index in [-0.39, 0.29) is 5.84 Å². The molecule has 108 valence electrons. The number of thioether (sulfide) groups is 1. The van der Waals surface area contributed by atoms with Crippen LogP contribution in [-0.2, 0) is 0 Å². The summed E-state index contributed by atoms with van der Waals surface area (Å²) < 4.78 is 5.92. The van der Waals surface area contributed by atoms with Crippen molar-refractivity contribution in [1.82, 2.24) is 0 Å². The van der Waals surface area contributed by atoms with Gasteiger partial charge in [-0.25, -0.2) is 0 Å². The highest BCUT2D eigenvalue weighted by Crippen LogP contribution is 2.39. The van der Waals surface area contributed by atoms with Crippen LogP contribution < -0.4 is 10.5 Å². The first-order valence-electron chi connectivity index (χ1n) is 6.71. The Balaban J connectivity index is 1.75. The van der Waals surface area contributed by atoms with Gasteiger partial charge in [0.1, 0.15) is 5.75 Å². The fourth-order valence-electron chi connectivity index (χ4n) is 2.42. The molecule has 0 fully saturated rings. The Labute approximate surface area is 127 Å². The number of nitrogens with zero attached hydrogens (tertiary/aromatic N) is 1. The number of hydrogen-bond donors (Lipinski definition) is 2. The molecule has 1 unspecified atom stereocenters. The van der Waals surface area contributed by atoms with Crippen molar-refractivity contribution in [1.29, 1.82) is 0 Å². The first kappa shape index (κ1) is 13.8. The lowest BCUT2D eigenvalue weighted by Crippen LogP contribution is -2.16. The van der Waals surface area contributed by atoms with Crippen LogP contribution in [0.25, 0.3) is 0 Å². The molecule has 21 heavy (non-hydrogen) atoms. The van der Waals surface area contributed by atoms with Crippen LogP contribution >= 0.6 is 11.8 Å². The van der Waals surface area contributed by atoms with Gasteiger partial charge in [0.05, 0.1) is 12.2 Å². The summed E-state index contributed by atoms with van der Waals surface area (Å²) in [5.74, 6) is 2.09. The first-order chi connectivity index (χ1) is 10.3. The van der Waals surface area contributed by atoms with Gasteiger partial charge in [-0.15, -0.1) is 11.8 Å². The molecule has 0 aliphatic carbocycles. The van der Waals surface area contributed by atoms with E-state index < -0.39 is 0 Å². The summed E-state index contributed by atoms with van der Waals surface area (Å²) >= 11 is 1.86.